The van der Waals surface area contributed by atoms with Gasteiger partial charge in [-0.05, 0) is 84.8 Å². The second-order valence-corrected chi connectivity index (χ2v) is 12.4. The summed E-state index contributed by atoms with van der Waals surface area (Å²) in [6.45, 7) is 5.49. The minimum Gasteiger partial charge on any atom is -0.462 e. The molecule has 0 rings (SSSR count). The number of hydrogen-bond acceptors (Lipinski definition) is 3. The summed E-state index contributed by atoms with van der Waals surface area (Å²) >= 11 is 0. The van der Waals surface area contributed by atoms with E-state index in [1.54, 1.807) is 0 Å². The average Bonchev–Trinajstić information content (AvgIpc) is 2.93. The molecule has 0 aliphatic rings. The summed E-state index contributed by atoms with van der Waals surface area (Å²) < 4.78 is 5.97. The van der Waals surface area contributed by atoms with Crippen molar-refractivity contribution in [2.24, 2.45) is 0 Å². The van der Waals surface area contributed by atoms with Crippen molar-refractivity contribution in [3.8, 4) is 0 Å². The second kappa shape index (κ2) is 32.4. The fourth-order valence-corrected chi connectivity index (χ4v) is 5.27. The van der Waals surface area contributed by atoms with Crippen molar-refractivity contribution in [1.82, 2.24) is 4.90 Å². The summed E-state index contributed by atoms with van der Waals surface area (Å²) in [5.41, 5.74) is 0. The minimum absolute atomic E-state index is 0.0129. The molecule has 40 heavy (non-hydrogen) atoms. The third-order valence-electron chi connectivity index (χ3n) is 7.89. The first kappa shape index (κ1) is 38.9. The number of esters is 1. The Bertz CT molecular complexity index is 569. The summed E-state index contributed by atoms with van der Waals surface area (Å²) in [5.74, 6) is 0.0129. The van der Waals surface area contributed by atoms with Crippen molar-refractivity contribution in [3.05, 3.63) is 24.3 Å². The first-order valence-electron chi connectivity index (χ1n) is 17.7. The van der Waals surface area contributed by atoms with Gasteiger partial charge >= 0.3 is 5.97 Å². The third-order valence-corrected chi connectivity index (χ3v) is 7.89. The van der Waals surface area contributed by atoms with E-state index in [1.807, 2.05) is 0 Å². The van der Waals surface area contributed by atoms with E-state index in [-0.39, 0.29) is 12.1 Å². The molecular weight excluding hydrogens is 490 g/mol. The monoisotopic (exact) mass is 562 g/mol. The van der Waals surface area contributed by atoms with E-state index in [2.05, 4.69) is 57.1 Å². The summed E-state index contributed by atoms with van der Waals surface area (Å²) in [4.78, 5) is 14.6. The maximum Gasteiger partial charge on any atom is 0.306 e. The Balaban J connectivity index is 3.97. The maximum absolute atomic E-state index is 12.4. The summed E-state index contributed by atoms with van der Waals surface area (Å²) in [7, 11) is 4.12. The van der Waals surface area contributed by atoms with Gasteiger partial charge in [0.15, 0.2) is 0 Å². The SMILES string of the molecule is CCCCCC=CCC=CCCCCCCCCC(CCCCCCCCCCCC)OC(=O)CCCN(C)C. The van der Waals surface area contributed by atoms with Crippen molar-refractivity contribution in [2.45, 2.75) is 187 Å². The molecule has 0 spiro atoms. The third kappa shape index (κ3) is 31.4. The number of ether oxygens (including phenoxy) is 1. The number of carbonyl (C=O) groups excluding carboxylic acids is 1. The van der Waals surface area contributed by atoms with Crippen molar-refractivity contribution in [2.75, 3.05) is 20.6 Å². The van der Waals surface area contributed by atoms with Crippen LogP contribution in [0.4, 0.5) is 0 Å². The van der Waals surface area contributed by atoms with Crippen LogP contribution >= 0.6 is 0 Å². The van der Waals surface area contributed by atoms with Gasteiger partial charge in [0.2, 0.25) is 0 Å². The summed E-state index contributed by atoms with van der Waals surface area (Å²) in [6.07, 6.45) is 41.8. The van der Waals surface area contributed by atoms with Crippen LogP contribution in [0.3, 0.4) is 0 Å². The molecule has 0 heterocycles. The number of rotatable bonds is 31. The molecule has 0 aliphatic carbocycles. The van der Waals surface area contributed by atoms with Gasteiger partial charge in [-0.1, -0.05) is 134 Å². The van der Waals surface area contributed by atoms with Crippen LogP contribution in [-0.2, 0) is 9.53 Å². The van der Waals surface area contributed by atoms with E-state index in [1.165, 1.54) is 135 Å². The van der Waals surface area contributed by atoms with Crippen molar-refractivity contribution >= 4 is 5.97 Å². The van der Waals surface area contributed by atoms with Gasteiger partial charge in [-0.15, -0.1) is 0 Å². The lowest BCUT2D eigenvalue weighted by Gasteiger charge is -2.18. The van der Waals surface area contributed by atoms with Crippen LogP contribution in [0.15, 0.2) is 24.3 Å². The molecule has 0 fully saturated rings. The highest BCUT2D eigenvalue weighted by molar-refractivity contribution is 5.69. The molecule has 0 amide bonds. The summed E-state index contributed by atoms with van der Waals surface area (Å²) in [5, 5.41) is 0. The number of allylic oxidation sites excluding steroid dienone is 4. The highest BCUT2D eigenvalue weighted by Crippen LogP contribution is 2.18. The molecule has 0 N–H and O–H groups in total. The quantitative estimate of drug-likeness (QED) is 0.0479. The predicted molar refractivity (Wildman–Crippen MR) is 178 cm³/mol. The lowest BCUT2D eigenvalue weighted by atomic mass is 10.0. The average molecular weight is 562 g/mol. The van der Waals surface area contributed by atoms with E-state index < -0.39 is 0 Å². The van der Waals surface area contributed by atoms with Crippen molar-refractivity contribution in [3.63, 3.8) is 0 Å². The van der Waals surface area contributed by atoms with Gasteiger partial charge < -0.3 is 9.64 Å². The van der Waals surface area contributed by atoms with Crippen LogP contribution in [0.5, 0.6) is 0 Å². The minimum atomic E-state index is 0.0129. The molecule has 1 atom stereocenters. The van der Waals surface area contributed by atoms with Gasteiger partial charge in [0.1, 0.15) is 6.10 Å². The Labute approximate surface area is 252 Å². The van der Waals surface area contributed by atoms with Gasteiger partial charge in [0, 0.05) is 6.42 Å². The smallest absolute Gasteiger partial charge is 0.306 e. The van der Waals surface area contributed by atoms with Crippen molar-refractivity contribution in [1.29, 1.82) is 0 Å². The molecule has 3 heteroatoms. The van der Waals surface area contributed by atoms with Gasteiger partial charge in [0.25, 0.3) is 0 Å². The topological polar surface area (TPSA) is 29.5 Å². The van der Waals surface area contributed by atoms with Crippen LogP contribution < -0.4 is 0 Å². The molecule has 1 unspecified atom stereocenters. The Morgan fingerprint density at radius 3 is 1.50 bits per heavy atom. The number of hydrogen-bond donors (Lipinski definition) is 0. The Kier molecular flexibility index (Phi) is 31.5. The standard InChI is InChI=1S/C37H71NO2/c1-5-7-9-11-13-15-17-18-19-20-21-22-24-26-28-30-33-36(40-37(39)34-31-35-38(3)4)32-29-27-25-23-16-14-12-10-8-6-2/h13,15,18-19,36H,5-12,14,16-17,20-35H2,1-4H3. The molecule has 0 saturated carbocycles. The predicted octanol–water partition coefficient (Wildman–Crippen LogP) is 11.8. The fraction of sp³-hybridized carbons (Fsp3) is 0.865. The van der Waals surface area contributed by atoms with Crippen LogP contribution in [0.2, 0.25) is 0 Å². The first-order chi connectivity index (χ1) is 19.6. The second-order valence-electron chi connectivity index (χ2n) is 12.4. The van der Waals surface area contributed by atoms with Gasteiger partial charge in [-0.2, -0.15) is 0 Å². The highest BCUT2D eigenvalue weighted by atomic mass is 16.5. The van der Waals surface area contributed by atoms with E-state index in [0.29, 0.717) is 6.42 Å². The number of nitrogens with zero attached hydrogens (tertiary/aromatic N) is 1. The Morgan fingerprint density at radius 1 is 0.575 bits per heavy atom. The van der Waals surface area contributed by atoms with Crippen LogP contribution in [0.1, 0.15) is 181 Å². The molecule has 0 aromatic rings. The zero-order valence-corrected chi connectivity index (χ0v) is 27.7. The molecule has 0 aromatic carbocycles. The molecule has 0 bridgehead atoms. The van der Waals surface area contributed by atoms with Crippen LogP contribution in [0, 0.1) is 0 Å². The fourth-order valence-electron chi connectivity index (χ4n) is 5.27. The lowest BCUT2D eigenvalue weighted by molar-refractivity contribution is -0.150. The van der Waals surface area contributed by atoms with E-state index in [4.69, 9.17) is 4.74 Å². The van der Waals surface area contributed by atoms with Gasteiger partial charge in [-0.3, -0.25) is 4.79 Å². The molecule has 3 nitrogen and oxygen atoms in total. The normalized spacial score (nSPS) is 12.7. The van der Waals surface area contributed by atoms with Gasteiger partial charge in [0.05, 0.1) is 0 Å². The van der Waals surface area contributed by atoms with E-state index in [0.717, 1.165) is 32.2 Å². The molecule has 0 radical (unpaired) electrons. The van der Waals surface area contributed by atoms with Crippen LogP contribution in [-0.4, -0.2) is 37.6 Å². The van der Waals surface area contributed by atoms with E-state index >= 15 is 0 Å². The molecule has 0 saturated heterocycles. The van der Waals surface area contributed by atoms with E-state index in [9.17, 15) is 4.79 Å². The van der Waals surface area contributed by atoms with Crippen molar-refractivity contribution < 1.29 is 9.53 Å². The first-order valence-corrected chi connectivity index (χ1v) is 17.7. The Morgan fingerprint density at radius 2 is 1.00 bits per heavy atom. The zero-order chi connectivity index (χ0) is 29.4. The number of carbonyl (C=O) groups is 1. The molecule has 0 aromatic heterocycles. The molecule has 236 valence electrons. The van der Waals surface area contributed by atoms with Gasteiger partial charge in [-0.25, -0.2) is 0 Å². The number of unbranched alkanes of at least 4 members (excludes halogenated alkanes) is 18. The molecular formula is C37H71NO2. The highest BCUT2D eigenvalue weighted by Gasteiger charge is 2.14. The largest absolute Gasteiger partial charge is 0.462 e. The maximum atomic E-state index is 12.4. The lowest BCUT2D eigenvalue weighted by Crippen LogP contribution is -2.20. The zero-order valence-electron chi connectivity index (χ0n) is 27.7. The summed E-state index contributed by atoms with van der Waals surface area (Å²) in [6, 6.07) is 0. The molecule has 0 aliphatic heterocycles. The Hall–Kier alpha value is -1.09. The van der Waals surface area contributed by atoms with Crippen LogP contribution in [0.25, 0.3) is 0 Å².